The number of hydrogen-bond donors (Lipinski definition) is 1. The van der Waals surface area contributed by atoms with Crippen LogP contribution in [-0.4, -0.2) is 24.2 Å². The Kier molecular flexibility index (Phi) is 4.51. The first-order valence-corrected chi connectivity index (χ1v) is 7.81. The molecule has 1 N–H and O–H groups in total. The summed E-state index contributed by atoms with van der Waals surface area (Å²) in [5, 5.41) is 9.09. The van der Waals surface area contributed by atoms with E-state index in [9.17, 15) is 9.59 Å². The van der Waals surface area contributed by atoms with Crippen LogP contribution in [0.5, 0.6) is 11.5 Å². The molecule has 0 heterocycles. The fraction of sp³-hybridized carbons (Fsp3) is 0.263. The number of ether oxygens (including phenoxy) is 2. The molecule has 0 aliphatic heterocycles. The van der Waals surface area contributed by atoms with Gasteiger partial charge in [-0.05, 0) is 49.0 Å². The highest BCUT2D eigenvalue weighted by atomic mass is 16.5. The second-order valence-electron chi connectivity index (χ2n) is 5.69. The molecule has 0 spiro atoms. The second-order valence-corrected chi connectivity index (χ2v) is 5.69. The molecule has 0 saturated heterocycles. The third kappa shape index (κ3) is 3.11. The number of benzene rings is 1. The zero-order valence-corrected chi connectivity index (χ0v) is 13.4. The number of hydrogen-bond acceptors (Lipinski definition) is 4. The van der Waals surface area contributed by atoms with Crippen molar-refractivity contribution in [3.8, 4) is 11.5 Å². The Labute approximate surface area is 139 Å². The quantitative estimate of drug-likeness (QED) is 0.675. The van der Waals surface area contributed by atoms with Crippen molar-refractivity contribution in [2.75, 3.05) is 7.11 Å². The first-order valence-electron chi connectivity index (χ1n) is 7.81. The summed E-state index contributed by atoms with van der Waals surface area (Å²) >= 11 is 0. The predicted molar refractivity (Wildman–Crippen MR) is 88.3 cm³/mol. The number of allylic oxidation sites excluding steroid dienone is 5. The first-order chi connectivity index (χ1) is 11.6. The van der Waals surface area contributed by atoms with E-state index in [2.05, 4.69) is 6.08 Å². The topological polar surface area (TPSA) is 72.8 Å². The Morgan fingerprint density at radius 2 is 2.04 bits per heavy atom. The summed E-state index contributed by atoms with van der Waals surface area (Å²) in [6.45, 7) is 0. The van der Waals surface area contributed by atoms with Gasteiger partial charge in [-0.1, -0.05) is 18.2 Å². The van der Waals surface area contributed by atoms with Gasteiger partial charge < -0.3 is 14.6 Å². The van der Waals surface area contributed by atoms with Gasteiger partial charge in [-0.25, -0.2) is 9.59 Å². The smallest absolute Gasteiger partial charge is 0.339 e. The minimum atomic E-state index is -1.09. The summed E-state index contributed by atoms with van der Waals surface area (Å²) in [7, 11) is 1.38. The van der Waals surface area contributed by atoms with Crippen LogP contribution in [0.2, 0.25) is 0 Å². The lowest BCUT2D eigenvalue weighted by atomic mass is 9.83. The number of esters is 1. The van der Waals surface area contributed by atoms with Gasteiger partial charge in [-0.3, -0.25) is 0 Å². The molecule has 0 radical (unpaired) electrons. The Bertz CT molecular complexity index is 783. The Balaban J connectivity index is 1.85. The first kappa shape index (κ1) is 16.1. The number of carboxylic acids is 1. The van der Waals surface area contributed by atoms with Gasteiger partial charge in [0.25, 0.3) is 0 Å². The van der Waals surface area contributed by atoms with E-state index < -0.39 is 5.97 Å². The van der Waals surface area contributed by atoms with Gasteiger partial charge >= 0.3 is 11.9 Å². The lowest BCUT2D eigenvalue weighted by molar-refractivity contribution is -0.130. The number of methoxy groups -OCH3 is 1. The van der Waals surface area contributed by atoms with Crippen LogP contribution in [0.3, 0.4) is 0 Å². The minimum Gasteiger partial charge on any atom is -0.496 e. The number of aromatic carboxylic acids is 1. The predicted octanol–water partition coefficient (Wildman–Crippen LogP) is 3.67. The van der Waals surface area contributed by atoms with Gasteiger partial charge in [-0.2, -0.15) is 0 Å². The van der Waals surface area contributed by atoms with Crippen molar-refractivity contribution in [2.45, 2.75) is 25.7 Å². The van der Waals surface area contributed by atoms with Crippen molar-refractivity contribution in [2.24, 2.45) is 0 Å². The molecule has 2 aliphatic carbocycles. The Hall–Kier alpha value is -2.82. The molecular formula is C19H18O5. The van der Waals surface area contributed by atoms with E-state index in [-0.39, 0.29) is 23.0 Å². The van der Waals surface area contributed by atoms with Crippen molar-refractivity contribution in [1.29, 1.82) is 0 Å². The van der Waals surface area contributed by atoms with Crippen LogP contribution >= 0.6 is 0 Å². The maximum Gasteiger partial charge on any atom is 0.339 e. The van der Waals surface area contributed by atoms with E-state index in [1.165, 1.54) is 30.9 Å². The third-order valence-corrected chi connectivity index (χ3v) is 4.24. The monoisotopic (exact) mass is 326 g/mol. The fourth-order valence-corrected chi connectivity index (χ4v) is 3.07. The minimum absolute atomic E-state index is 0.0274. The van der Waals surface area contributed by atoms with Crippen LogP contribution in [0, 0.1) is 0 Å². The molecule has 0 saturated carbocycles. The summed E-state index contributed by atoms with van der Waals surface area (Å²) in [5.74, 6) is -1.03. The van der Waals surface area contributed by atoms with Crippen molar-refractivity contribution in [1.82, 2.24) is 0 Å². The summed E-state index contributed by atoms with van der Waals surface area (Å²) in [6.07, 6.45) is 9.45. The zero-order valence-electron chi connectivity index (χ0n) is 13.4. The summed E-state index contributed by atoms with van der Waals surface area (Å²) in [5.41, 5.74) is 3.00. The fourth-order valence-electron chi connectivity index (χ4n) is 3.07. The van der Waals surface area contributed by atoms with E-state index >= 15 is 0 Å². The van der Waals surface area contributed by atoms with E-state index in [0.29, 0.717) is 12.0 Å². The maximum absolute atomic E-state index is 12.6. The third-order valence-electron chi connectivity index (χ3n) is 4.24. The van der Waals surface area contributed by atoms with Crippen LogP contribution in [0.15, 0.2) is 53.1 Å². The SMILES string of the molecule is COc1cc(OC(=O)C2=C3CC=CC=C3CCC2)ccc1C(=O)O. The van der Waals surface area contributed by atoms with Gasteiger partial charge in [0.1, 0.15) is 17.1 Å². The molecule has 2 aliphatic rings. The summed E-state index contributed by atoms with van der Waals surface area (Å²) in [4.78, 5) is 23.7. The molecular weight excluding hydrogens is 308 g/mol. The molecule has 3 rings (SSSR count). The maximum atomic E-state index is 12.6. The summed E-state index contributed by atoms with van der Waals surface area (Å²) in [6, 6.07) is 4.26. The van der Waals surface area contributed by atoms with Crippen LogP contribution < -0.4 is 9.47 Å². The van der Waals surface area contributed by atoms with Gasteiger partial charge in [0.05, 0.1) is 7.11 Å². The molecule has 124 valence electrons. The van der Waals surface area contributed by atoms with Crippen molar-refractivity contribution in [3.05, 3.63) is 58.7 Å². The lowest BCUT2D eigenvalue weighted by Gasteiger charge is -2.23. The van der Waals surface area contributed by atoms with Crippen molar-refractivity contribution in [3.63, 3.8) is 0 Å². The molecule has 5 nitrogen and oxygen atoms in total. The molecule has 0 bridgehead atoms. The molecule has 1 aromatic rings. The van der Waals surface area contributed by atoms with Crippen LogP contribution in [-0.2, 0) is 4.79 Å². The highest BCUT2D eigenvalue weighted by Gasteiger charge is 2.24. The Morgan fingerprint density at radius 1 is 1.21 bits per heavy atom. The zero-order chi connectivity index (χ0) is 17.1. The number of fused-ring (bicyclic) bond motifs is 1. The van der Waals surface area contributed by atoms with Crippen LogP contribution in [0.25, 0.3) is 0 Å². The van der Waals surface area contributed by atoms with Crippen molar-refractivity contribution >= 4 is 11.9 Å². The Morgan fingerprint density at radius 3 is 2.79 bits per heavy atom. The standard InChI is InChI=1S/C19H18O5/c1-23-17-11-13(9-10-16(17)18(20)21)24-19(22)15-8-4-6-12-5-2-3-7-14(12)15/h2-3,5,9-11H,4,6-8H2,1H3,(H,20,21). The highest BCUT2D eigenvalue weighted by molar-refractivity contribution is 5.93. The number of carbonyl (C=O) groups is 2. The molecule has 5 heteroatoms. The number of carbonyl (C=O) groups excluding carboxylic acids is 1. The summed E-state index contributed by atoms with van der Waals surface area (Å²) < 4.78 is 10.5. The molecule has 0 atom stereocenters. The average Bonchev–Trinajstić information content (AvgIpc) is 2.60. The molecule has 0 fully saturated rings. The van der Waals surface area contributed by atoms with Gasteiger partial charge in [0, 0.05) is 11.6 Å². The second kappa shape index (κ2) is 6.74. The van der Waals surface area contributed by atoms with Crippen molar-refractivity contribution < 1.29 is 24.2 Å². The van der Waals surface area contributed by atoms with E-state index in [1.807, 2.05) is 12.2 Å². The van der Waals surface area contributed by atoms with Crippen LogP contribution in [0.4, 0.5) is 0 Å². The lowest BCUT2D eigenvalue weighted by Crippen LogP contribution is -2.17. The highest BCUT2D eigenvalue weighted by Crippen LogP contribution is 2.35. The largest absolute Gasteiger partial charge is 0.496 e. The van der Waals surface area contributed by atoms with Gasteiger partial charge in [-0.15, -0.1) is 0 Å². The molecule has 0 amide bonds. The van der Waals surface area contributed by atoms with E-state index in [4.69, 9.17) is 14.6 Å². The van der Waals surface area contributed by atoms with E-state index in [1.54, 1.807) is 0 Å². The molecule has 1 aromatic carbocycles. The molecule has 0 aromatic heterocycles. The number of carboxylic acid groups (broad SMARTS) is 1. The number of rotatable bonds is 4. The van der Waals surface area contributed by atoms with Crippen LogP contribution in [0.1, 0.15) is 36.0 Å². The average molecular weight is 326 g/mol. The molecule has 0 unspecified atom stereocenters. The molecule has 24 heavy (non-hydrogen) atoms. The van der Waals surface area contributed by atoms with E-state index in [0.717, 1.165) is 24.8 Å². The normalized spacial score (nSPS) is 16.3. The van der Waals surface area contributed by atoms with Gasteiger partial charge in [0.15, 0.2) is 0 Å². The van der Waals surface area contributed by atoms with Gasteiger partial charge in [0.2, 0.25) is 0 Å².